The average molecular weight is 350 g/mol. The number of hydrogen-bond donors (Lipinski definition) is 1. The average Bonchev–Trinajstić information content (AvgIpc) is 2.49. The maximum Gasteiger partial charge on any atom is 0.119 e. The highest BCUT2D eigenvalue weighted by Gasteiger charge is 2.17. The largest absolute Gasteiger partial charge is 0.497 e. The van der Waals surface area contributed by atoms with Gasteiger partial charge in [0.25, 0.3) is 0 Å². The number of methoxy groups -OCH3 is 1. The molecule has 0 saturated heterocycles. The lowest BCUT2D eigenvalue weighted by Gasteiger charge is -2.22. The second-order valence-corrected chi connectivity index (χ2v) is 5.91. The molecule has 4 heteroatoms. The van der Waals surface area contributed by atoms with E-state index >= 15 is 0 Å². The fourth-order valence-electron chi connectivity index (χ4n) is 2.15. The molecule has 0 aliphatic carbocycles. The monoisotopic (exact) mass is 349 g/mol. The molecule has 0 heterocycles. The Morgan fingerprint density at radius 3 is 2.48 bits per heavy atom. The van der Waals surface area contributed by atoms with Gasteiger partial charge in [0, 0.05) is 10.5 Å². The number of nitrogens with two attached hydrogens (primary N) is 1. The normalized spacial score (nSPS) is 13.7. The van der Waals surface area contributed by atoms with E-state index in [1.165, 1.54) is 0 Å². The Kier molecular flexibility index (Phi) is 5.79. The maximum absolute atomic E-state index is 6.07. The minimum atomic E-state index is -0.135. The van der Waals surface area contributed by atoms with Crippen molar-refractivity contribution in [2.24, 2.45) is 5.73 Å². The minimum Gasteiger partial charge on any atom is -0.497 e. The van der Waals surface area contributed by atoms with Gasteiger partial charge in [-0.15, -0.1) is 0 Å². The van der Waals surface area contributed by atoms with Gasteiger partial charge in [-0.2, -0.15) is 0 Å². The lowest BCUT2D eigenvalue weighted by atomic mass is 10.0. The van der Waals surface area contributed by atoms with Gasteiger partial charge < -0.3 is 15.2 Å². The molecule has 0 amide bonds. The highest BCUT2D eigenvalue weighted by molar-refractivity contribution is 9.10. The molecule has 2 N–H and O–H groups in total. The van der Waals surface area contributed by atoms with Crippen molar-refractivity contribution in [3.8, 4) is 5.75 Å². The van der Waals surface area contributed by atoms with Crippen LogP contribution in [0.4, 0.5) is 0 Å². The number of hydrogen-bond acceptors (Lipinski definition) is 3. The van der Waals surface area contributed by atoms with Crippen LogP contribution in [0.2, 0.25) is 0 Å². The second-order valence-electron chi connectivity index (χ2n) is 4.99. The summed E-state index contributed by atoms with van der Waals surface area (Å²) >= 11 is 3.44. The summed E-state index contributed by atoms with van der Waals surface area (Å²) in [6.45, 7) is 2.46. The first-order valence-corrected chi connectivity index (χ1v) is 7.65. The molecule has 2 rings (SSSR count). The van der Waals surface area contributed by atoms with E-state index < -0.39 is 0 Å². The predicted octanol–water partition coefficient (Wildman–Crippen LogP) is 4.06. The van der Waals surface area contributed by atoms with Crippen LogP contribution < -0.4 is 10.5 Å². The second kappa shape index (κ2) is 7.59. The van der Waals surface area contributed by atoms with E-state index in [2.05, 4.69) is 15.9 Å². The Bertz CT molecular complexity index is 569. The molecule has 0 aliphatic heterocycles. The van der Waals surface area contributed by atoms with Crippen LogP contribution in [0, 0.1) is 0 Å². The van der Waals surface area contributed by atoms with Crippen LogP contribution >= 0.6 is 15.9 Å². The summed E-state index contributed by atoms with van der Waals surface area (Å²) in [4.78, 5) is 0. The summed E-state index contributed by atoms with van der Waals surface area (Å²) in [5, 5.41) is 0. The molecule has 2 aromatic carbocycles. The molecule has 3 nitrogen and oxygen atoms in total. The van der Waals surface area contributed by atoms with Gasteiger partial charge in [0.15, 0.2) is 0 Å². The predicted molar refractivity (Wildman–Crippen MR) is 88.3 cm³/mol. The van der Waals surface area contributed by atoms with E-state index in [1.54, 1.807) is 7.11 Å². The summed E-state index contributed by atoms with van der Waals surface area (Å²) in [6.07, 6.45) is -0.135. The molecule has 2 atom stereocenters. The summed E-state index contributed by atoms with van der Waals surface area (Å²) in [5.74, 6) is 0.831. The third kappa shape index (κ3) is 4.56. The Morgan fingerprint density at radius 2 is 1.86 bits per heavy atom. The van der Waals surface area contributed by atoms with Gasteiger partial charge >= 0.3 is 0 Å². The van der Waals surface area contributed by atoms with Crippen molar-refractivity contribution in [3.05, 3.63) is 64.1 Å². The highest BCUT2D eigenvalue weighted by Crippen LogP contribution is 2.24. The minimum absolute atomic E-state index is 0.0863. The van der Waals surface area contributed by atoms with E-state index in [0.717, 1.165) is 21.3 Å². The lowest BCUT2D eigenvalue weighted by molar-refractivity contribution is 0.0258. The Morgan fingerprint density at radius 1 is 1.14 bits per heavy atom. The van der Waals surface area contributed by atoms with Crippen LogP contribution in [0.3, 0.4) is 0 Å². The van der Waals surface area contributed by atoms with Gasteiger partial charge in [-0.3, -0.25) is 0 Å². The number of ether oxygens (including phenoxy) is 2. The SMILES string of the molecule is COc1cccc(COC(c2ccc(Br)cc2)C(C)N)c1. The molecule has 2 unspecified atom stereocenters. The smallest absolute Gasteiger partial charge is 0.119 e. The Balaban J connectivity index is 2.08. The van der Waals surface area contributed by atoms with Crippen molar-refractivity contribution in [2.75, 3.05) is 7.11 Å². The zero-order chi connectivity index (χ0) is 15.2. The van der Waals surface area contributed by atoms with E-state index in [-0.39, 0.29) is 12.1 Å². The lowest BCUT2D eigenvalue weighted by Crippen LogP contribution is -2.26. The quantitative estimate of drug-likeness (QED) is 0.854. The van der Waals surface area contributed by atoms with E-state index in [0.29, 0.717) is 6.61 Å². The van der Waals surface area contributed by atoms with Crippen molar-refractivity contribution < 1.29 is 9.47 Å². The van der Waals surface area contributed by atoms with Crippen molar-refractivity contribution >= 4 is 15.9 Å². The van der Waals surface area contributed by atoms with Crippen LogP contribution in [0.25, 0.3) is 0 Å². The molecular formula is C17H20BrNO2. The van der Waals surface area contributed by atoms with Crippen molar-refractivity contribution in [1.82, 2.24) is 0 Å². The Labute approximate surface area is 134 Å². The van der Waals surface area contributed by atoms with Gasteiger partial charge in [-0.1, -0.05) is 40.2 Å². The fourth-order valence-corrected chi connectivity index (χ4v) is 2.42. The molecule has 0 aliphatic rings. The molecule has 0 saturated carbocycles. The van der Waals surface area contributed by atoms with Crippen molar-refractivity contribution in [1.29, 1.82) is 0 Å². The summed E-state index contributed by atoms with van der Waals surface area (Å²) in [6, 6.07) is 15.8. The Hall–Kier alpha value is -1.36. The topological polar surface area (TPSA) is 44.5 Å². The number of halogens is 1. The van der Waals surface area contributed by atoms with E-state index in [9.17, 15) is 0 Å². The van der Waals surface area contributed by atoms with Gasteiger partial charge in [-0.05, 0) is 42.3 Å². The molecule has 0 bridgehead atoms. The molecular weight excluding hydrogens is 330 g/mol. The summed E-state index contributed by atoms with van der Waals surface area (Å²) < 4.78 is 12.3. The third-order valence-electron chi connectivity index (χ3n) is 3.24. The molecule has 0 radical (unpaired) electrons. The molecule has 21 heavy (non-hydrogen) atoms. The standard InChI is InChI=1S/C17H20BrNO2/c1-12(19)17(14-6-8-15(18)9-7-14)21-11-13-4-3-5-16(10-13)20-2/h3-10,12,17H,11,19H2,1-2H3. The van der Waals surface area contributed by atoms with Gasteiger partial charge in [0.1, 0.15) is 5.75 Å². The van der Waals surface area contributed by atoms with E-state index in [4.69, 9.17) is 15.2 Å². The first-order valence-electron chi connectivity index (χ1n) is 6.85. The first kappa shape index (κ1) is 16.0. The van der Waals surface area contributed by atoms with Gasteiger partial charge in [0.2, 0.25) is 0 Å². The van der Waals surface area contributed by atoms with Crippen LogP contribution in [-0.4, -0.2) is 13.2 Å². The maximum atomic E-state index is 6.07. The highest BCUT2D eigenvalue weighted by atomic mass is 79.9. The zero-order valence-electron chi connectivity index (χ0n) is 12.3. The summed E-state index contributed by atoms with van der Waals surface area (Å²) in [7, 11) is 1.66. The van der Waals surface area contributed by atoms with Crippen LogP contribution in [-0.2, 0) is 11.3 Å². The van der Waals surface area contributed by atoms with Crippen LogP contribution in [0.15, 0.2) is 53.0 Å². The van der Waals surface area contributed by atoms with Gasteiger partial charge in [-0.25, -0.2) is 0 Å². The van der Waals surface area contributed by atoms with Crippen LogP contribution in [0.1, 0.15) is 24.2 Å². The fraction of sp³-hybridized carbons (Fsp3) is 0.294. The number of benzene rings is 2. The van der Waals surface area contributed by atoms with Crippen LogP contribution in [0.5, 0.6) is 5.75 Å². The molecule has 0 spiro atoms. The zero-order valence-corrected chi connectivity index (χ0v) is 13.8. The van der Waals surface area contributed by atoms with E-state index in [1.807, 2.05) is 55.5 Å². The molecule has 0 aromatic heterocycles. The van der Waals surface area contributed by atoms with Crippen molar-refractivity contribution in [3.63, 3.8) is 0 Å². The first-order chi connectivity index (χ1) is 10.1. The third-order valence-corrected chi connectivity index (χ3v) is 3.77. The van der Waals surface area contributed by atoms with Gasteiger partial charge in [0.05, 0.1) is 19.8 Å². The summed E-state index contributed by atoms with van der Waals surface area (Å²) in [5.41, 5.74) is 8.21. The number of rotatable bonds is 6. The molecule has 2 aromatic rings. The molecule has 112 valence electrons. The molecule has 0 fully saturated rings. The van der Waals surface area contributed by atoms with Crippen molar-refractivity contribution in [2.45, 2.75) is 25.7 Å².